The van der Waals surface area contributed by atoms with Crippen LogP contribution in [0, 0.1) is 0 Å². The van der Waals surface area contributed by atoms with Crippen LogP contribution in [0.25, 0.3) is 11.1 Å². The molecule has 1 heterocycles. The molecule has 0 radical (unpaired) electrons. The van der Waals surface area contributed by atoms with Crippen LogP contribution in [0.1, 0.15) is 10.4 Å². The fourth-order valence-corrected chi connectivity index (χ4v) is 1.92. The predicted molar refractivity (Wildman–Crippen MR) is 69.5 cm³/mol. The Kier molecular flexibility index (Phi) is 3.41. The second-order valence-electron chi connectivity index (χ2n) is 3.54. The first kappa shape index (κ1) is 12.7. The minimum atomic E-state index is -1.13. The highest BCUT2D eigenvalue weighted by Crippen LogP contribution is 2.31. The molecule has 0 amide bonds. The van der Waals surface area contributed by atoms with Crippen molar-refractivity contribution in [3.8, 4) is 11.1 Å². The second-order valence-corrected chi connectivity index (χ2v) is 4.32. The number of aromatic carboxylic acids is 1. The van der Waals surface area contributed by atoms with Crippen LogP contribution in [0.2, 0.25) is 10.0 Å². The molecule has 0 unspecified atom stereocenters. The Bertz CT molecular complexity index is 679. The highest BCUT2D eigenvalue weighted by atomic mass is 35.5. The minimum absolute atomic E-state index is 0.0272. The van der Waals surface area contributed by atoms with Crippen molar-refractivity contribution in [2.75, 3.05) is 0 Å². The monoisotopic (exact) mass is 283 g/mol. The maximum Gasteiger partial charge on any atom is 0.337 e. The number of nitrogens with one attached hydrogen (secondary N) is 1. The normalized spacial score (nSPS) is 10.3. The molecule has 0 saturated heterocycles. The summed E-state index contributed by atoms with van der Waals surface area (Å²) in [6.45, 7) is 0. The number of pyridine rings is 1. The van der Waals surface area contributed by atoms with Crippen molar-refractivity contribution in [3.63, 3.8) is 0 Å². The fourth-order valence-electron chi connectivity index (χ4n) is 1.52. The molecular formula is C12H7Cl2NO3. The molecular weight excluding hydrogens is 277 g/mol. The molecule has 0 bridgehead atoms. The zero-order chi connectivity index (χ0) is 13.3. The first-order valence-corrected chi connectivity index (χ1v) is 5.66. The molecule has 0 aliphatic rings. The van der Waals surface area contributed by atoms with Crippen molar-refractivity contribution in [2.24, 2.45) is 0 Å². The number of carboxylic acids is 1. The van der Waals surface area contributed by atoms with Crippen molar-refractivity contribution < 1.29 is 9.90 Å². The van der Waals surface area contributed by atoms with Gasteiger partial charge in [-0.2, -0.15) is 0 Å². The number of carbonyl (C=O) groups is 1. The van der Waals surface area contributed by atoms with Crippen molar-refractivity contribution in [1.29, 1.82) is 0 Å². The Morgan fingerprint density at radius 2 is 1.94 bits per heavy atom. The summed E-state index contributed by atoms with van der Waals surface area (Å²) in [6, 6.07) is 6.09. The van der Waals surface area contributed by atoms with E-state index in [1.165, 1.54) is 6.07 Å². The number of rotatable bonds is 2. The quantitative estimate of drug-likeness (QED) is 0.890. The molecule has 0 aliphatic carbocycles. The number of aromatic nitrogens is 1. The van der Waals surface area contributed by atoms with E-state index in [1.54, 1.807) is 18.2 Å². The second kappa shape index (κ2) is 4.84. The number of hydrogen-bond donors (Lipinski definition) is 2. The van der Waals surface area contributed by atoms with Crippen LogP contribution >= 0.6 is 23.2 Å². The van der Waals surface area contributed by atoms with Gasteiger partial charge in [0.1, 0.15) is 0 Å². The zero-order valence-corrected chi connectivity index (χ0v) is 10.4. The average Bonchev–Trinajstić information content (AvgIpc) is 2.33. The molecule has 92 valence electrons. The minimum Gasteiger partial charge on any atom is -0.478 e. The standard InChI is InChI=1S/C12H7Cl2NO3/c13-9-3-1-2-7(10(9)14)8-4-6(12(17)18)5-15-11(8)16/h1-5H,(H,15,16)(H,17,18). The summed E-state index contributed by atoms with van der Waals surface area (Å²) in [6.07, 6.45) is 1.13. The van der Waals surface area contributed by atoms with Gasteiger partial charge < -0.3 is 10.1 Å². The van der Waals surface area contributed by atoms with Gasteiger partial charge in [0.25, 0.3) is 5.56 Å². The van der Waals surface area contributed by atoms with E-state index in [1.807, 2.05) is 0 Å². The molecule has 0 atom stereocenters. The van der Waals surface area contributed by atoms with Crippen LogP contribution in [-0.4, -0.2) is 16.1 Å². The molecule has 2 N–H and O–H groups in total. The summed E-state index contributed by atoms with van der Waals surface area (Å²) in [4.78, 5) is 24.9. The highest BCUT2D eigenvalue weighted by molar-refractivity contribution is 6.43. The third-order valence-corrected chi connectivity index (χ3v) is 3.21. The summed E-state index contributed by atoms with van der Waals surface area (Å²) in [5.41, 5.74) is 0.112. The van der Waals surface area contributed by atoms with E-state index >= 15 is 0 Å². The van der Waals surface area contributed by atoms with E-state index in [0.717, 1.165) is 6.20 Å². The molecule has 4 nitrogen and oxygen atoms in total. The Labute approximate surface area is 112 Å². The molecule has 0 spiro atoms. The maximum absolute atomic E-state index is 11.7. The van der Waals surface area contributed by atoms with Gasteiger partial charge in [-0.1, -0.05) is 35.3 Å². The van der Waals surface area contributed by atoms with Crippen molar-refractivity contribution in [2.45, 2.75) is 0 Å². The first-order valence-electron chi connectivity index (χ1n) is 4.91. The van der Waals surface area contributed by atoms with Gasteiger partial charge in [0.15, 0.2) is 0 Å². The van der Waals surface area contributed by atoms with Crippen molar-refractivity contribution >= 4 is 29.2 Å². The van der Waals surface area contributed by atoms with Crippen LogP contribution in [0.4, 0.5) is 0 Å². The average molecular weight is 284 g/mol. The molecule has 2 rings (SSSR count). The third-order valence-electron chi connectivity index (χ3n) is 2.39. The van der Waals surface area contributed by atoms with Crippen LogP contribution in [0.5, 0.6) is 0 Å². The summed E-state index contributed by atoms with van der Waals surface area (Å²) in [5, 5.41) is 9.41. The number of halogens is 2. The van der Waals surface area contributed by atoms with Crippen molar-refractivity contribution in [3.05, 3.63) is 56.4 Å². The van der Waals surface area contributed by atoms with Crippen LogP contribution in [0.3, 0.4) is 0 Å². The van der Waals surface area contributed by atoms with Crippen molar-refractivity contribution in [1.82, 2.24) is 4.98 Å². The van der Waals surface area contributed by atoms with E-state index in [2.05, 4.69) is 4.98 Å². The molecule has 0 fully saturated rings. The third kappa shape index (κ3) is 2.25. The van der Waals surface area contributed by atoms with Gasteiger partial charge in [-0.05, 0) is 12.1 Å². The lowest BCUT2D eigenvalue weighted by molar-refractivity contribution is 0.0696. The van der Waals surface area contributed by atoms with E-state index in [0.29, 0.717) is 10.6 Å². The Morgan fingerprint density at radius 3 is 2.61 bits per heavy atom. The van der Waals surface area contributed by atoms with Gasteiger partial charge in [0, 0.05) is 17.3 Å². The van der Waals surface area contributed by atoms with E-state index in [-0.39, 0.29) is 16.1 Å². The van der Waals surface area contributed by atoms with Crippen LogP contribution in [0.15, 0.2) is 35.3 Å². The van der Waals surface area contributed by atoms with Gasteiger partial charge in [0.05, 0.1) is 15.6 Å². The summed E-state index contributed by atoms with van der Waals surface area (Å²) < 4.78 is 0. The van der Waals surface area contributed by atoms with E-state index in [4.69, 9.17) is 28.3 Å². The van der Waals surface area contributed by atoms with Gasteiger partial charge in [-0.15, -0.1) is 0 Å². The lowest BCUT2D eigenvalue weighted by Gasteiger charge is -2.05. The molecule has 1 aromatic carbocycles. The summed E-state index contributed by atoms with van der Waals surface area (Å²) >= 11 is 11.9. The Hall–Kier alpha value is -1.78. The number of aromatic amines is 1. The molecule has 0 aliphatic heterocycles. The van der Waals surface area contributed by atoms with Crippen LogP contribution in [-0.2, 0) is 0 Å². The molecule has 18 heavy (non-hydrogen) atoms. The predicted octanol–water partition coefficient (Wildman–Crippen LogP) is 3.05. The SMILES string of the molecule is O=C(O)c1c[nH]c(=O)c(-c2cccc(Cl)c2Cl)c1. The number of H-pyrrole nitrogens is 1. The van der Waals surface area contributed by atoms with E-state index in [9.17, 15) is 9.59 Å². The Balaban J connectivity index is 2.70. The van der Waals surface area contributed by atoms with Gasteiger partial charge in [-0.3, -0.25) is 4.79 Å². The van der Waals surface area contributed by atoms with Gasteiger partial charge in [0.2, 0.25) is 0 Å². The van der Waals surface area contributed by atoms with Gasteiger partial charge in [-0.25, -0.2) is 4.79 Å². The fraction of sp³-hybridized carbons (Fsp3) is 0. The lowest BCUT2D eigenvalue weighted by atomic mass is 10.1. The molecule has 6 heteroatoms. The summed E-state index contributed by atoms with van der Waals surface area (Å²) in [5.74, 6) is -1.13. The maximum atomic E-state index is 11.7. The molecule has 2 aromatic rings. The number of hydrogen-bond acceptors (Lipinski definition) is 2. The number of benzene rings is 1. The largest absolute Gasteiger partial charge is 0.478 e. The molecule has 1 aromatic heterocycles. The zero-order valence-electron chi connectivity index (χ0n) is 8.91. The lowest BCUT2D eigenvalue weighted by Crippen LogP contribution is -2.11. The van der Waals surface area contributed by atoms with E-state index < -0.39 is 11.5 Å². The first-order chi connectivity index (χ1) is 8.50. The van der Waals surface area contributed by atoms with Crippen LogP contribution < -0.4 is 5.56 Å². The molecule has 0 saturated carbocycles. The summed E-state index contributed by atoms with van der Waals surface area (Å²) in [7, 11) is 0. The van der Waals surface area contributed by atoms with Gasteiger partial charge >= 0.3 is 5.97 Å². The topological polar surface area (TPSA) is 70.2 Å². The smallest absolute Gasteiger partial charge is 0.337 e. The highest BCUT2D eigenvalue weighted by Gasteiger charge is 2.13. The number of carboxylic acid groups (broad SMARTS) is 1. The Morgan fingerprint density at radius 1 is 1.22 bits per heavy atom.